The molecule has 7 heteroatoms. The molecule has 4 N–H and O–H groups in total. The molecule has 0 saturated heterocycles. The van der Waals surface area contributed by atoms with Crippen molar-refractivity contribution >= 4 is 10.4 Å². The lowest BCUT2D eigenvalue weighted by Crippen LogP contribution is -1.97. The van der Waals surface area contributed by atoms with Crippen molar-refractivity contribution in [2.24, 2.45) is 0 Å². The van der Waals surface area contributed by atoms with Gasteiger partial charge in [-0.15, -0.1) is 13.2 Å². The smallest absolute Gasteiger partial charge is 0.394 e. The Labute approximate surface area is 281 Å². The summed E-state index contributed by atoms with van der Waals surface area (Å²) in [5.74, 6) is 0. The number of allylic oxidation sites excluding steroid dienone is 4. The van der Waals surface area contributed by atoms with Crippen LogP contribution in [0.4, 0.5) is 0 Å². The van der Waals surface area contributed by atoms with E-state index in [9.17, 15) is 0 Å². The largest absolute Gasteiger partial charge is 0.412 e. The SMILES string of the molecule is C=C.CCCCCCCC/C=C\CCCCCCCCOCCCCCCCC/C=C\CCCCCCCC.O.O=S(=O)(O)O. The zero-order chi connectivity index (χ0) is 33.2. The van der Waals surface area contributed by atoms with E-state index in [1.54, 1.807) is 0 Å². The maximum atomic E-state index is 8.74. The summed E-state index contributed by atoms with van der Waals surface area (Å²) < 4.78 is 37.4. The molecule has 0 aliphatic carbocycles. The van der Waals surface area contributed by atoms with E-state index in [4.69, 9.17) is 22.3 Å². The van der Waals surface area contributed by atoms with Crippen LogP contribution in [-0.4, -0.2) is 36.2 Å². The molecule has 0 aromatic heterocycles. The molecular weight excluding hydrogens is 584 g/mol. The molecule has 0 aliphatic heterocycles. The minimum absolute atomic E-state index is 0. The van der Waals surface area contributed by atoms with Gasteiger partial charge in [0.1, 0.15) is 0 Å². The first kappa shape index (κ1) is 50.9. The van der Waals surface area contributed by atoms with Crippen LogP contribution in [0.25, 0.3) is 0 Å². The van der Waals surface area contributed by atoms with E-state index in [-0.39, 0.29) is 5.48 Å². The third kappa shape index (κ3) is 66.4. The average Bonchev–Trinajstić information content (AvgIpc) is 2.99. The van der Waals surface area contributed by atoms with Crippen LogP contribution in [0, 0.1) is 0 Å². The minimum Gasteiger partial charge on any atom is -0.412 e. The third-order valence-electron chi connectivity index (χ3n) is 7.60. The highest BCUT2D eigenvalue weighted by Gasteiger charge is 1.95. The van der Waals surface area contributed by atoms with E-state index in [0.717, 1.165) is 13.2 Å². The summed E-state index contributed by atoms with van der Waals surface area (Å²) in [7, 11) is -4.67. The lowest BCUT2D eigenvalue weighted by molar-refractivity contribution is 0.125. The lowest BCUT2D eigenvalue weighted by Gasteiger charge is -2.05. The van der Waals surface area contributed by atoms with Gasteiger partial charge < -0.3 is 10.2 Å². The predicted molar refractivity (Wildman–Crippen MR) is 199 cm³/mol. The van der Waals surface area contributed by atoms with E-state index in [0.29, 0.717) is 0 Å². The number of hydrogen-bond acceptors (Lipinski definition) is 3. The van der Waals surface area contributed by atoms with Gasteiger partial charge in [-0.05, 0) is 64.2 Å². The molecule has 0 aromatic rings. The summed E-state index contributed by atoms with van der Waals surface area (Å²) in [4.78, 5) is 0. The first-order valence-corrected chi connectivity index (χ1v) is 19.9. The van der Waals surface area contributed by atoms with Crippen molar-refractivity contribution in [3.63, 3.8) is 0 Å². The molecule has 0 saturated carbocycles. The number of unbranched alkanes of at least 4 members (excludes halogenated alkanes) is 24. The average molecular weight is 663 g/mol. The zero-order valence-electron chi connectivity index (χ0n) is 30.0. The van der Waals surface area contributed by atoms with Crippen LogP contribution in [0.2, 0.25) is 0 Å². The van der Waals surface area contributed by atoms with E-state index < -0.39 is 10.4 Å². The molecule has 0 heterocycles. The van der Waals surface area contributed by atoms with Gasteiger partial charge in [-0.25, -0.2) is 0 Å². The molecule has 0 fully saturated rings. The van der Waals surface area contributed by atoms with Gasteiger partial charge in [-0.3, -0.25) is 9.11 Å². The molecule has 0 amide bonds. The van der Waals surface area contributed by atoms with Gasteiger partial charge in [-0.2, -0.15) is 8.42 Å². The summed E-state index contributed by atoms with van der Waals surface area (Å²) >= 11 is 0. The Morgan fingerprint density at radius 3 is 0.889 bits per heavy atom. The van der Waals surface area contributed by atoms with Gasteiger partial charge in [0.25, 0.3) is 0 Å². The maximum absolute atomic E-state index is 8.74. The number of hydrogen-bond donors (Lipinski definition) is 2. The molecule has 45 heavy (non-hydrogen) atoms. The Kier molecular flexibility index (Phi) is 53.6. The van der Waals surface area contributed by atoms with Crippen LogP contribution in [0.15, 0.2) is 37.5 Å². The summed E-state index contributed by atoms with van der Waals surface area (Å²) in [5, 5.41) is 0. The first-order valence-electron chi connectivity index (χ1n) is 18.5. The summed E-state index contributed by atoms with van der Waals surface area (Å²) in [5.41, 5.74) is 0. The fourth-order valence-corrected chi connectivity index (χ4v) is 5.01. The van der Waals surface area contributed by atoms with Crippen molar-refractivity contribution in [2.75, 3.05) is 13.2 Å². The van der Waals surface area contributed by atoms with Crippen LogP contribution in [-0.2, 0) is 15.1 Å². The zero-order valence-corrected chi connectivity index (χ0v) is 30.8. The van der Waals surface area contributed by atoms with Crippen molar-refractivity contribution in [1.29, 1.82) is 0 Å². The van der Waals surface area contributed by atoms with E-state index in [1.165, 1.54) is 180 Å². The summed E-state index contributed by atoms with van der Waals surface area (Å²) in [6.07, 6.45) is 48.1. The van der Waals surface area contributed by atoms with Crippen LogP contribution >= 0.6 is 0 Å². The van der Waals surface area contributed by atoms with Crippen molar-refractivity contribution in [1.82, 2.24) is 0 Å². The van der Waals surface area contributed by atoms with Crippen molar-refractivity contribution in [2.45, 2.75) is 194 Å². The van der Waals surface area contributed by atoms with Gasteiger partial charge in [0, 0.05) is 13.2 Å². The number of rotatable bonds is 32. The normalized spacial score (nSPS) is 11.2. The van der Waals surface area contributed by atoms with Crippen LogP contribution in [0.3, 0.4) is 0 Å². The third-order valence-corrected chi connectivity index (χ3v) is 7.60. The van der Waals surface area contributed by atoms with E-state index >= 15 is 0 Å². The van der Waals surface area contributed by atoms with Crippen molar-refractivity contribution in [3.05, 3.63) is 37.5 Å². The lowest BCUT2D eigenvalue weighted by atomic mass is 10.1. The second kappa shape index (κ2) is 47.4. The second-order valence-electron chi connectivity index (χ2n) is 11.9. The minimum atomic E-state index is -4.67. The van der Waals surface area contributed by atoms with Gasteiger partial charge >= 0.3 is 10.4 Å². The maximum Gasteiger partial charge on any atom is 0.394 e. The molecule has 0 unspecified atom stereocenters. The fraction of sp³-hybridized carbons (Fsp3) is 0.842. The second-order valence-corrected chi connectivity index (χ2v) is 12.8. The standard InChI is InChI=1S/C36H70O.C2H4.H2O4S.H2O/c1-3-5-7-9-11-13-15-17-19-21-23-25-27-29-31-33-35-37-36-34-32-30-28-26-24-22-20-18-16-14-12-10-8-6-4-2;1-2;1-5(2,3)4;/h17-20H,3-16,21-36H2,1-2H3;1-2H2;(H2,1,2,3,4);1H2/b19-17-,20-18-;;;. The topological polar surface area (TPSA) is 115 Å². The Morgan fingerprint density at radius 1 is 0.444 bits per heavy atom. The molecule has 0 aliphatic rings. The van der Waals surface area contributed by atoms with Gasteiger partial charge in [0.2, 0.25) is 0 Å². The predicted octanol–water partition coefficient (Wildman–Crippen LogP) is 12.4. The molecular formula is C38H78O6S. The molecule has 272 valence electrons. The van der Waals surface area contributed by atoms with Crippen LogP contribution in [0.1, 0.15) is 194 Å². The Morgan fingerprint density at radius 2 is 0.644 bits per heavy atom. The Bertz CT molecular complexity index is 615. The van der Waals surface area contributed by atoms with Crippen LogP contribution in [0.5, 0.6) is 0 Å². The van der Waals surface area contributed by atoms with E-state index in [2.05, 4.69) is 51.3 Å². The monoisotopic (exact) mass is 663 g/mol. The molecule has 0 atom stereocenters. The van der Waals surface area contributed by atoms with Gasteiger partial charge in [0.15, 0.2) is 0 Å². The fourth-order valence-electron chi connectivity index (χ4n) is 5.01. The van der Waals surface area contributed by atoms with Gasteiger partial charge in [-0.1, -0.05) is 154 Å². The quantitative estimate of drug-likeness (QED) is 0.0422. The molecule has 0 radical (unpaired) electrons. The summed E-state index contributed by atoms with van der Waals surface area (Å²) in [6, 6.07) is 0. The highest BCUT2D eigenvalue weighted by molar-refractivity contribution is 7.79. The molecule has 0 spiro atoms. The summed E-state index contributed by atoms with van der Waals surface area (Å²) in [6.45, 7) is 12.5. The highest BCUT2D eigenvalue weighted by Crippen LogP contribution is 2.12. The van der Waals surface area contributed by atoms with Crippen molar-refractivity contribution < 1.29 is 27.7 Å². The first-order chi connectivity index (χ1) is 21.4. The highest BCUT2D eigenvalue weighted by atomic mass is 32.3. The molecule has 0 rings (SSSR count). The molecule has 6 nitrogen and oxygen atoms in total. The molecule has 0 bridgehead atoms. The van der Waals surface area contributed by atoms with E-state index in [1.807, 2.05) is 0 Å². The van der Waals surface area contributed by atoms with Crippen molar-refractivity contribution in [3.8, 4) is 0 Å². The Balaban J connectivity index is -0.000000948. The molecule has 0 aromatic carbocycles. The van der Waals surface area contributed by atoms with Gasteiger partial charge in [0.05, 0.1) is 0 Å². The Hall–Kier alpha value is -0.990. The number of ether oxygens (including phenoxy) is 1. The van der Waals surface area contributed by atoms with Crippen LogP contribution < -0.4 is 0 Å².